The summed E-state index contributed by atoms with van der Waals surface area (Å²) in [5.74, 6) is 0.438. The molecule has 0 aliphatic carbocycles. The fourth-order valence-electron chi connectivity index (χ4n) is 4.39. The zero-order valence-electron chi connectivity index (χ0n) is 19.6. The van der Waals surface area contributed by atoms with Crippen LogP contribution in [0.4, 0.5) is 4.39 Å². The van der Waals surface area contributed by atoms with Crippen LogP contribution in [0.2, 0.25) is 5.02 Å². The Morgan fingerprint density at radius 3 is 2.53 bits per heavy atom. The molecule has 3 rings (SSSR count). The van der Waals surface area contributed by atoms with E-state index in [0.717, 1.165) is 38.0 Å². The number of guanidine groups is 1. The molecule has 2 unspecified atom stereocenters. The number of aryl methyl sites for hydroxylation is 2. The van der Waals surface area contributed by atoms with E-state index in [9.17, 15) is 4.39 Å². The third kappa shape index (κ3) is 6.35. The maximum atomic E-state index is 14.7. The summed E-state index contributed by atoms with van der Waals surface area (Å²) in [6, 6.07) is 4.91. The van der Waals surface area contributed by atoms with E-state index in [1.165, 1.54) is 17.3 Å². The monoisotopic (exact) mass is 576 g/mol. The van der Waals surface area contributed by atoms with Crippen molar-refractivity contribution in [2.75, 3.05) is 26.7 Å². The molecule has 1 aromatic heterocycles. The van der Waals surface area contributed by atoms with Crippen LogP contribution < -0.4 is 10.6 Å². The predicted octanol–water partition coefficient (Wildman–Crippen LogP) is 4.38. The molecule has 2 heterocycles. The lowest BCUT2D eigenvalue weighted by Crippen LogP contribution is -2.46. The number of aromatic nitrogens is 2. The Morgan fingerprint density at radius 2 is 1.97 bits per heavy atom. The molecule has 1 aromatic carbocycles. The minimum Gasteiger partial charge on any atom is -0.354 e. The van der Waals surface area contributed by atoms with Crippen molar-refractivity contribution in [3.63, 3.8) is 0 Å². The summed E-state index contributed by atoms with van der Waals surface area (Å²) < 4.78 is 16.6. The largest absolute Gasteiger partial charge is 0.354 e. The van der Waals surface area contributed by atoms with Crippen LogP contribution >= 0.6 is 35.6 Å². The molecule has 2 N–H and O–H groups in total. The van der Waals surface area contributed by atoms with Crippen molar-refractivity contribution >= 4 is 41.5 Å². The van der Waals surface area contributed by atoms with Crippen molar-refractivity contribution in [1.82, 2.24) is 25.3 Å². The molecule has 1 saturated heterocycles. The molecule has 1 fully saturated rings. The Hall–Kier alpha value is -1.39. The van der Waals surface area contributed by atoms with Gasteiger partial charge in [0.25, 0.3) is 0 Å². The SMILES string of the molecule is CN=C(NCC(c1c(F)cccc1Cl)N1CCCC1)NC(C)Cc1c(C)nn(C)c1C.I. The number of nitrogens with one attached hydrogen (secondary N) is 2. The molecular formula is C23H35ClFIN6. The molecule has 2 aromatic rings. The molecule has 0 radical (unpaired) electrons. The summed E-state index contributed by atoms with van der Waals surface area (Å²) in [7, 11) is 3.72. The molecule has 0 bridgehead atoms. The standard InChI is InChI=1S/C23H34ClFN6.HI/c1-15(13-18-16(2)29-30(5)17(18)3)28-23(26-4)27-14-21(31-11-6-7-12-31)22-19(24)9-8-10-20(22)25;/h8-10,15,21H,6-7,11-14H2,1-5H3,(H2,26,27,28);1H. The topological polar surface area (TPSA) is 57.5 Å². The van der Waals surface area contributed by atoms with Gasteiger partial charge < -0.3 is 10.6 Å². The number of nitrogens with zero attached hydrogens (tertiary/aromatic N) is 4. The zero-order chi connectivity index (χ0) is 22.5. The fraction of sp³-hybridized carbons (Fsp3) is 0.565. The van der Waals surface area contributed by atoms with Gasteiger partial charge >= 0.3 is 0 Å². The molecule has 32 heavy (non-hydrogen) atoms. The Morgan fingerprint density at radius 1 is 1.28 bits per heavy atom. The Kier molecular flexibility index (Phi) is 10.2. The second-order valence-electron chi connectivity index (χ2n) is 8.37. The first kappa shape index (κ1) is 26.9. The van der Waals surface area contributed by atoms with Gasteiger partial charge in [-0.1, -0.05) is 17.7 Å². The van der Waals surface area contributed by atoms with Crippen molar-refractivity contribution in [2.24, 2.45) is 12.0 Å². The Balaban J connectivity index is 0.00000363. The van der Waals surface area contributed by atoms with E-state index in [1.807, 2.05) is 18.7 Å². The van der Waals surface area contributed by atoms with Crippen LogP contribution in [0.1, 0.15) is 48.3 Å². The van der Waals surface area contributed by atoms with Gasteiger partial charge in [0, 0.05) is 43.0 Å². The highest BCUT2D eigenvalue weighted by molar-refractivity contribution is 14.0. The lowest BCUT2D eigenvalue weighted by Gasteiger charge is -2.30. The summed E-state index contributed by atoms with van der Waals surface area (Å²) in [5, 5.41) is 11.8. The lowest BCUT2D eigenvalue weighted by atomic mass is 10.0. The van der Waals surface area contributed by atoms with Gasteiger partial charge in [-0.05, 0) is 70.8 Å². The predicted molar refractivity (Wildman–Crippen MR) is 141 cm³/mol. The number of benzene rings is 1. The molecule has 0 amide bonds. The first-order valence-electron chi connectivity index (χ1n) is 11.0. The van der Waals surface area contributed by atoms with Crippen LogP contribution in [0, 0.1) is 19.7 Å². The molecule has 2 atom stereocenters. The van der Waals surface area contributed by atoms with Crippen LogP contribution in [0.25, 0.3) is 0 Å². The quantitative estimate of drug-likeness (QED) is 0.292. The van der Waals surface area contributed by atoms with Crippen LogP contribution in [0.3, 0.4) is 0 Å². The van der Waals surface area contributed by atoms with Crippen molar-refractivity contribution in [3.8, 4) is 0 Å². The van der Waals surface area contributed by atoms with E-state index < -0.39 is 0 Å². The first-order chi connectivity index (χ1) is 14.8. The molecule has 0 spiro atoms. The van der Waals surface area contributed by atoms with Gasteiger partial charge in [-0.2, -0.15) is 5.10 Å². The smallest absolute Gasteiger partial charge is 0.191 e. The second-order valence-corrected chi connectivity index (χ2v) is 8.78. The average molecular weight is 577 g/mol. The van der Waals surface area contributed by atoms with Gasteiger partial charge in [0.15, 0.2) is 5.96 Å². The highest BCUT2D eigenvalue weighted by Gasteiger charge is 2.28. The van der Waals surface area contributed by atoms with Crippen molar-refractivity contribution < 1.29 is 4.39 Å². The van der Waals surface area contributed by atoms with E-state index in [2.05, 4.69) is 39.5 Å². The van der Waals surface area contributed by atoms with Gasteiger partial charge in [0.1, 0.15) is 5.82 Å². The highest BCUT2D eigenvalue weighted by atomic mass is 127. The molecule has 0 saturated carbocycles. The average Bonchev–Trinajstić information content (AvgIpc) is 3.34. The van der Waals surface area contributed by atoms with Gasteiger partial charge in [-0.25, -0.2) is 4.39 Å². The lowest BCUT2D eigenvalue weighted by molar-refractivity contribution is 0.240. The summed E-state index contributed by atoms with van der Waals surface area (Å²) in [6.07, 6.45) is 3.09. The minimum atomic E-state index is -0.259. The zero-order valence-corrected chi connectivity index (χ0v) is 22.7. The molecular weight excluding hydrogens is 542 g/mol. The third-order valence-corrected chi connectivity index (χ3v) is 6.48. The molecule has 178 valence electrons. The normalized spacial score (nSPS) is 16.5. The number of rotatable bonds is 7. The number of halogens is 3. The second kappa shape index (κ2) is 12.2. The summed E-state index contributed by atoms with van der Waals surface area (Å²) in [4.78, 5) is 6.69. The summed E-state index contributed by atoms with van der Waals surface area (Å²) in [6.45, 7) is 8.68. The van der Waals surface area contributed by atoms with Crippen LogP contribution in [-0.4, -0.2) is 53.4 Å². The first-order valence-corrected chi connectivity index (χ1v) is 11.3. The van der Waals surface area contributed by atoms with E-state index in [1.54, 1.807) is 19.2 Å². The summed E-state index contributed by atoms with van der Waals surface area (Å²) in [5.41, 5.74) is 4.05. The van der Waals surface area contributed by atoms with Crippen molar-refractivity contribution in [1.29, 1.82) is 0 Å². The maximum Gasteiger partial charge on any atom is 0.191 e. The fourth-order valence-corrected chi connectivity index (χ4v) is 4.68. The number of likely N-dealkylation sites (tertiary alicyclic amines) is 1. The van der Waals surface area contributed by atoms with Crippen molar-refractivity contribution in [3.05, 3.63) is 51.6 Å². The van der Waals surface area contributed by atoms with E-state index in [4.69, 9.17) is 11.6 Å². The summed E-state index contributed by atoms with van der Waals surface area (Å²) >= 11 is 6.41. The van der Waals surface area contributed by atoms with Gasteiger partial charge in [-0.15, -0.1) is 24.0 Å². The maximum absolute atomic E-state index is 14.7. The molecule has 1 aliphatic heterocycles. The van der Waals surface area contributed by atoms with E-state index in [-0.39, 0.29) is 41.9 Å². The van der Waals surface area contributed by atoms with Gasteiger partial charge in [0.05, 0.1) is 11.7 Å². The number of hydrogen-bond acceptors (Lipinski definition) is 3. The van der Waals surface area contributed by atoms with E-state index in [0.29, 0.717) is 23.1 Å². The van der Waals surface area contributed by atoms with Gasteiger partial charge in [-0.3, -0.25) is 14.6 Å². The minimum absolute atomic E-state index is 0. The van der Waals surface area contributed by atoms with Crippen molar-refractivity contribution in [2.45, 2.75) is 52.1 Å². The Bertz CT molecular complexity index is 905. The third-order valence-electron chi connectivity index (χ3n) is 6.15. The number of hydrogen-bond donors (Lipinski definition) is 2. The Labute approximate surface area is 213 Å². The van der Waals surface area contributed by atoms with Crippen LogP contribution in [-0.2, 0) is 13.5 Å². The molecule has 1 aliphatic rings. The van der Waals surface area contributed by atoms with Crippen LogP contribution in [0.15, 0.2) is 23.2 Å². The molecule has 6 nitrogen and oxygen atoms in total. The van der Waals surface area contributed by atoms with E-state index >= 15 is 0 Å². The number of aliphatic imine (C=N–C) groups is 1. The highest BCUT2D eigenvalue weighted by Crippen LogP contribution is 2.31. The van der Waals surface area contributed by atoms with Gasteiger partial charge in [0.2, 0.25) is 0 Å². The van der Waals surface area contributed by atoms with Crippen LogP contribution in [0.5, 0.6) is 0 Å². The molecule has 9 heteroatoms.